The monoisotopic (exact) mass is 288 g/mol. The van der Waals surface area contributed by atoms with Crippen molar-refractivity contribution in [1.82, 2.24) is 5.43 Å². The van der Waals surface area contributed by atoms with E-state index in [2.05, 4.69) is 5.43 Å². The number of hydrazine groups is 1. The molecule has 0 aliphatic carbocycles. The van der Waals surface area contributed by atoms with Crippen molar-refractivity contribution in [2.24, 2.45) is 11.8 Å². The Morgan fingerprint density at radius 2 is 2.26 bits per heavy atom. The smallest absolute Gasteiger partial charge is 0.150 e. The molecule has 106 valence electrons. The highest BCUT2D eigenvalue weighted by atomic mass is 32.2. The molecule has 0 radical (unpaired) electrons. The Balaban J connectivity index is 2.34. The molecule has 0 saturated carbocycles. The summed E-state index contributed by atoms with van der Waals surface area (Å²) in [6.45, 7) is 0. The lowest BCUT2D eigenvalue weighted by molar-refractivity contribution is 0.362. The van der Waals surface area contributed by atoms with Crippen LogP contribution in [0.15, 0.2) is 18.2 Å². The van der Waals surface area contributed by atoms with Crippen LogP contribution in [0, 0.1) is 11.7 Å². The van der Waals surface area contributed by atoms with Crippen molar-refractivity contribution < 1.29 is 17.5 Å². The normalized spacial score (nSPS) is 23.2. The van der Waals surface area contributed by atoms with Crippen molar-refractivity contribution in [3.8, 4) is 5.75 Å². The minimum absolute atomic E-state index is 0.0571. The molecular weight excluding hydrogens is 271 g/mol. The van der Waals surface area contributed by atoms with Crippen LogP contribution in [0.2, 0.25) is 0 Å². The fraction of sp³-hybridized carbons (Fsp3) is 0.500. The van der Waals surface area contributed by atoms with Crippen LogP contribution in [-0.2, 0) is 9.84 Å². The Kier molecular flexibility index (Phi) is 4.07. The molecule has 1 aliphatic heterocycles. The molecule has 1 aromatic rings. The summed E-state index contributed by atoms with van der Waals surface area (Å²) < 4.78 is 41.6. The van der Waals surface area contributed by atoms with E-state index >= 15 is 0 Å². The third-order valence-corrected chi connectivity index (χ3v) is 5.24. The summed E-state index contributed by atoms with van der Waals surface area (Å²) in [5, 5.41) is 0. The molecule has 1 saturated heterocycles. The van der Waals surface area contributed by atoms with Gasteiger partial charge in [0.1, 0.15) is 11.6 Å². The van der Waals surface area contributed by atoms with Gasteiger partial charge in [-0.15, -0.1) is 0 Å². The zero-order chi connectivity index (χ0) is 14.0. The molecule has 19 heavy (non-hydrogen) atoms. The van der Waals surface area contributed by atoms with Gasteiger partial charge in [-0.2, -0.15) is 0 Å². The molecule has 1 fully saturated rings. The molecule has 3 N–H and O–H groups in total. The van der Waals surface area contributed by atoms with Crippen molar-refractivity contribution in [1.29, 1.82) is 0 Å². The van der Waals surface area contributed by atoms with Gasteiger partial charge in [0.15, 0.2) is 9.84 Å². The van der Waals surface area contributed by atoms with Gasteiger partial charge in [-0.05, 0) is 30.5 Å². The molecule has 7 heteroatoms. The van der Waals surface area contributed by atoms with E-state index in [9.17, 15) is 12.8 Å². The highest BCUT2D eigenvalue weighted by molar-refractivity contribution is 7.91. The summed E-state index contributed by atoms with van der Waals surface area (Å²) in [6.07, 6.45) is 0.511. The Morgan fingerprint density at radius 3 is 2.79 bits per heavy atom. The van der Waals surface area contributed by atoms with E-state index in [4.69, 9.17) is 10.6 Å². The second-order valence-corrected chi connectivity index (χ2v) is 6.92. The number of benzene rings is 1. The minimum atomic E-state index is -3.02. The van der Waals surface area contributed by atoms with E-state index in [1.807, 2.05) is 0 Å². The molecular formula is C12H17FN2O3S. The van der Waals surface area contributed by atoms with E-state index in [0.29, 0.717) is 17.7 Å². The third kappa shape index (κ3) is 3.05. The number of nitrogens with two attached hydrogens (primary N) is 1. The van der Waals surface area contributed by atoms with Crippen LogP contribution in [-0.4, -0.2) is 27.0 Å². The Hall–Kier alpha value is -1.18. The third-order valence-electron chi connectivity index (χ3n) is 3.45. The van der Waals surface area contributed by atoms with Crippen molar-refractivity contribution >= 4 is 9.84 Å². The molecule has 0 amide bonds. The first-order valence-corrected chi connectivity index (χ1v) is 7.79. The number of nitrogens with one attached hydrogen (secondary N) is 1. The first-order valence-electron chi connectivity index (χ1n) is 5.97. The van der Waals surface area contributed by atoms with Gasteiger partial charge in [-0.25, -0.2) is 12.8 Å². The van der Waals surface area contributed by atoms with Crippen LogP contribution in [0.25, 0.3) is 0 Å². The summed E-state index contributed by atoms with van der Waals surface area (Å²) in [7, 11) is -1.54. The molecule has 1 aliphatic rings. The number of hydrogen-bond acceptors (Lipinski definition) is 5. The van der Waals surface area contributed by atoms with Crippen molar-refractivity contribution in [2.75, 3.05) is 18.6 Å². The SMILES string of the molecule is COc1ccc(F)cc1C(NN)C1CCS(=O)(=O)C1. The standard InChI is InChI=1S/C12H17FN2O3S/c1-18-11-3-2-9(13)6-10(11)12(15-14)8-4-5-19(16,17)7-8/h2-3,6,8,12,15H,4-5,7,14H2,1H3. The Bertz CT molecular complexity index is 562. The van der Waals surface area contributed by atoms with E-state index in [0.717, 1.165) is 0 Å². The maximum absolute atomic E-state index is 13.4. The number of sulfone groups is 1. The van der Waals surface area contributed by atoms with Gasteiger partial charge in [0.25, 0.3) is 0 Å². The van der Waals surface area contributed by atoms with Crippen molar-refractivity contribution in [2.45, 2.75) is 12.5 Å². The average molecular weight is 288 g/mol. The largest absolute Gasteiger partial charge is 0.496 e. The molecule has 2 atom stereocenters. The van der Waals surface area contributed by atoms with Gasteiger partial charge >= 0.3 is 0 Å². The van der Waals surface area contributed by atoms with Gasteiger partial charge in [0, 0.05) is 5.56 Å². The van der Waals surface area contributed by atoms with Crippen LogP contribution >= 0.6 is 0 Å². The van der Waals surface area contributed by atoms with Crippen LogP contribution in [0.1, 0.15) is 18.0 Å². The molecule has 2 rings (SSSR count). The maximum Gasteiger partial charge on any atom is 0.150 e. The van der Waals surface area contributed by atoms with E-state index < -0.39 is 21.7 Å². The van der Waals surface area contributed by atoms with E-state index in [-0.39, 0.29) is 17.4 Å². The summed E-state index contributed by atoms with van der Waals surface area (Å²) in [4.78, 5) is 0. The minimum Gasteiger partial charge on any atom is -0.496 e. The highest BCUT2D eigenvalue weighted by Crippen LogP contribution is 2.35. The number of ether oxygens (including phenoxy) is 1. The predicted octanol–water partition coefficient (Wildman–Crippen LogP) is 0.773. The quantitative estimate of drug-likeness (QED) is 0.632. The Labute approximate surface area is 111 Å². The van der Waals surface area contributed by atoms with Crippen molar-refractivity contribution in [3.63, 3.8) is 0 Å². The lowest BCUT2D eigenvalue weighted by Gasteiger charge is -2.24. The number of hydrogen-bond donors (Lipinski definition) is 2. The van der Waals surface area contributed by atoms with Gasteiger partial charge in [-0.3, -0.25) is 11.3 Å². The van der Waals surface area contributed by atoms with Gasteiger partial charge < -0.3 is 4.74 Å². The number of rotatable bonds is 4. The lowest BCUT2D eigenvalue weighted by atomic mass is 9.92. The van der Waals surface area contributed by atoms with Gasteiger partial charge in [-0.1, -0.05) is 0 Å². The van der Waals surface area contributed by atoms with Crippen molar-refractivity contribution in [3.05, 3.63) is 29.6 Å². The Morgan fingerprint density at radius 1 is 1.53 bits per heavy atom. The second-order valence-electron chi connectivity index (χ2n) is 4.69. The van der Waals surface area contributed by atoms with Crippen LogP contribution < -0.4 is 16.0 Å². The first-order chi connectivity index (χ1) is 8.96. The van der Waals surface area contributed by atoms with E-state index in [1.165, 1.54) is 25.3 Å². The van der Waals surface area contributed by atoms with Gasteiger partial charge in [0.2, 0.25) is 0 Å². The zero-order valence-electron chi connectivity index (χ0n) is 10.6. The molecule has 1 heterocycles. The lowest BCUT2D eigenvalue weighted by Crippen LogP contribution is -2.34. The summed E-state index contributed by atoms with van der Waals surface area (Å²) >= 11 is 0. The van der Waals surface area contributed by atoms with Crippen LogP contribution in [0.3, 0.4) is 0 Å². The van der Waals surface area contributed by atoms with Crippen LogP contribution in [0.5, 0.6) is 5.75 Å². The molecule has 0 spiro atoms. The average Bonchev–Trinajstić information content (AvgIpc) is 2.71. The molecule has 0 bridgehead atoms. The zero-order valence-corrected chi connectivity index (χ0v) is 11.4. The fourth-order valence-corrected chi connectivity index (χ4v) is 4.35. The van der Waals surface area contributed by atoms with Gasteiger partial charge in [0.05, 0.1) is 24.7 Å². The summed E-state index contributed by atoms with van der Waals surface area (Å²) in [6, 6.07) is 3.69. The molecule has 0 aromatic heterocycles. The fourth-order valence-electron chi connectivity index (χ4n) is 2.51. The maximum atomic E-state index is 13.4. The van der Waals surface area contributed by atoms with Crippen LogP contribution in [0.4, 0.5) is 4.39 Å². The predicted molar refractivity (Wildman–Crippen MR) is 69.8 cm³/mol. The topological polar surface area (TPSA) is 81.4 Å². The molecule has 1 aromatic carbocycles. The number of methoxy groups -OCH3 is 1. The first kappa shape index (κ1) is 14.2. The number of halogens is 1. The molecule has 5 nitrogen and oxygen atoms in total. The second kappa shape index (κ2) is 5.44. The molecule has 2 unspecified atom stereocenters. The van der Waals surface area contributed by atoms with E-state index in [1.54, 1.807) is 0 Å². The summed E-state index contributed by atoms with van der Waals surface area (Å²) in [5.74, 6) is 5.64. The summed E-state index contributed by atoms with van der Waals surface area (Å²) in [5.41, 5.74) is 3.14. The highest BCUT2D eigenvalue weighted by Gasteiger charge is 2.35.